The number of ether oxygens (including phenoxy) is 2. The van der Waals surface area contributed by atoms with Crippen molar-refractivity contribution in [2.45, 2.75) is 71.9 Å². The Hall–Kier alpha value is -4.26. The molecule has 13 heteroatoms. The van der Waals surface area contributed by atoms with E-state index in [1.807, 2.05) is 70.7 Å². The summed E-state index contributed by atoms with van der Waals surface area (Å²) in [5.74, 6) is -0.351. The van der Waals surface area contributed by atoms with Crippen LogP contribution in [0.3, 0.4) is 0 Å². The monoisotopic (exact) mass is 706 g/mol. The fourth-order valence-corrected chi connectivity index (χ4v) is 7.65. The van der Waals surface area contributed by atoms with Gasteiger partial charge in [0.1, 0.15) is 30.4 Å². The fraction of sp³-hybridized carbons (Fsp3) is 0.459. The van der Waals surface area contributed by atoms with Gasteiger partial charge in [-0.25, -0.2) is 18.7 Å². The molecule has 50 heavy (non-hydrogen) atoms. The van der Waals surface area contributed by atoms with E-state index in [1.165, 1.54) is 16.7 Å². The molecule has 3 unspecified atom stereocenters. The number of piperazine rings is 1. The smallest absolute Gasteiger partial charge is 0.355 e. The Morgan fingerprint density at radius 2 is 1.98 bits per heavy atom. The van der Waals surface area contributed by atoms with Crippen LogP contribution in [0.15, 0.2) is 53.5 Å². The molecule has 0 radical (unpaired) electrons. The Kier molecular flexibility index (Phi) is 9.82. The van der Waals surface area contributed by atoms with Crippen LogP contribution < -0.4 is 15.3 Å². The van der Waals surface area contributed by atoms with Crippen molar-refractivity contribution in [3.63, 3.8) is 0 Å². The van der Waals surface area contributed by atoms with Crippen LogP contribution in [0.4, 0.5) is 10.2 Å². The maximum Gasteiger partial charge on any atom is 0.355 e. The van der Waals surface area contributed by atoms with Crippen molar-refractivity contribution in [2.24, 2.45) is 5.92 Å². The minimum atomic E-state index is -1.24. The predicted octanol–water partition coefficient (Wildman–Crippen LogP) is 5.02. The van der Waals surface area contributed by atoms with E-state index in [4.69, 9.17) is 31.0 Å². The molecule has 5 heterocycles. The Morgan fingerprint density at radius 3 is 2.66 bits per heavy atom. The van der Waals surface area contributed by atoms with Gasteiger partial charge in [0.15, 0.2) is 11.5 Å². The van der Waals surface area contributed by atoms with Crippen LogP contribution in [0.25, 0.3) is 28.0 Å². The van der Waals surface area contributed by atoms with Crippen LogP contribution in [0, 0.1) is 18.7 Å². The van der Waals surface area contributed by atoms with Crippen molar-refractivity contribution in [2.75, 3.05) is 38.3 Å². The highest BCUT2D eigenvalue weighted by atomic mass is 35.5. The molecular formula is C37H44ClFN6O5. The zero-order valence-corrected chi connectivity index (χ0v) is 30.2. The van der Waals surface area contributed by atoms with E-state index in [9.17, 15) is 14.7 Å². The lowest BCUT2D eigenvalue weighted by Gasteiger charge is -2.44. The van der Waals surface area contributed by atoms with Gasteiger partial charge in [-0.05, 0) is 75.7 Å². The molecule has 2 bridgehead atoms. The molecule has 1 N–H and O–H groups in total. The molecule has 1 amide bonds. The number of fused-ring (bicyclic) bond motifs is 4. The van der Waals surface area contributed by atoms with Crippen molar-refractivity contribution in [1.29, 1.82) is 0 Å². The maximum atomic E-state index is 16.2. The molecule has 3 aliphatic heterocycles. The fourth-order valence-electron chi connectivity index (χ4n) is 7.49. The van der Waals surface area contributed by atoms with Crippen LogP contribution >= 0.6 is 11.6 Å². The van der Waals surface area contributed by atoms with E-state index in [1.54, 1.807) is 17.0 Å². The zero-order chi connectivity index (χ0) is 36.2. The lowest BCUT2D eigenvalue weighted by Crippen LogP contribution is -2.58. The molecule has 1 fully saturated rings. The number of carbonyl (C=O) groups excluding carboxylic acids is 1. The minimum Gasteiger partial charge on any atom is -0.490 e. The number of likely N-dealkylation sites (N-methyl/N-ethyl adjacent to an activating group) is 1. The molecule has 6 rings (SSSR count). The van der Waals surface area contributed by atoms with Gasteiger partial charge in [0.25, 0.3) is 0 Å². The topological polar surface area (TPSA) is 113 Å². The third kappa shape index (κ3) is 5.96. The molecule has 1 aromatic carbocycles. The van der Waals surface area contributed by atoms with Gasteiger partial charge in [0, 0.05) is 44.4 Å². The molecule has 5 atom stereocenters. The van der Waals surface area contributed by atoms with Crippen molar-refractivity contribution < 1.29 is 23.8 Å². The molecule has 1 saturated heterocycles. The first-order valence-electron chi connectivity index (χ1n) is 17.0. The first-order chi connectivity index (χ1) is 23.8. The van der Waals surface area contributed by atoms with Crippen molar-refractivity contribution in [3.8, 4) is 17.0 Å². The Morgan fingerprint density at radius 1 is 1.24 bits per heavy atom. The van der Waals surface area contributed by atoms with Gasteiger partial charge in [-0.3, -0.25) is 4.79 Å². The Balaban J connectivity index is 1.73. The van der Waals surface area contributed by atoms with Crippen LogP contribution in [0.1, 0.15) is 40.2 Å². The number of aryl methyl sites for hydroxylation is 1. The third-order valence-corrected chi connectivity index (χ3v) is 10.2. The number of aliphatic hydroxyl groups excluding tert-OH is 1. The molecule has 0 spiro atoms. The standard InChI is InChI=1S/C37H44ClFN6O5/c1-9-28(46)43-16-22(7)44(17-21(43)6)35-24-15-20(5)31-29-26(12-11-25(38)30(29)39)50-18-27(49-10-2)34(47)23-13-14-42(8)32(19(3)4)33(23)45(36(24)40-31)37(48)41-35/h9,11-15,19,21-22,27,32,34,47H,1,10,16-18H2,2-8H3/t21-,22+,27?,32?,34?/m1/s1. The predicted molar refractivity (Wildman–Crippen MR) is 193 cm³/mol. The number of halogens is 2. The highest BCUT2D eigenvalue weighted by Gasteiger charge is 2.38. The van der Waals surface area contributed by atoms with Gasteiger partial charge >= 0.3 is 5.69 Å². The Bertz CT molecular complexity index is 1980. The number of anilines is 1. The van der Waals surface area contributed by atoms with E-state index in [0.717, 1.165) is 0 Å². The van der Waals surface area contributed by atoms with Crippen molar-refractivity contribution >= 4 is 40.1 Å². The Labute approximate surface area is 296 Å². The highest BCUT2D eigenvalue weighted by molar-refractivity contribution is 6.31. The zero-order valence-electron chi connectivity index (χ0n) is 29.5. The normalized spacial score (nSPS) is 23.8. The number of benzene rings is 1. The first-order valence-corrected chi connectivity index (χ1v) is 17.4. The van der Waals surface area contributed by atoms with Gasteiger partial charge in [-0.15, -0.1) is 0 Å². The third-order valence-electron chi connectivity index (χ3n) is 9.88. The lowest BCUT2D eigenvalue weighted by atomic mass is 9.89. The lowest BCUT2D eigenvalue weighted by molar-refractivity contribution is -0.128. The van der Waals surface area contributed by atoms with Crippen LogP contribution in [-0.4, -0.2) is 99.0 Å². The number of hydrogen-bond donors (Lipinski definition) is 1. The summed E-state index contributed by atoms with van der Waals surface area (Å²) in [4.78, 5) is 42.9. The summed E-state index contributed by atoms with van der Waals surface area (Å²) in [7, 11) is 1.91. The van der Waals surface area contributed by atoms with E-state index in [-0.39, 0.29) is 70.8 Å². The van der Waals surface area contributed by atoms with Crippen molar-refractivity contribution in [3.05, 3.63) is 75.6 Å². The summed E-state index contributed by atoms with van der Waals surface area (Å²) in [6, 6.07) is 4.03. The second kappa shape index (κ2) is 13.8. The number of pyridine rings is 1. The van der Waals surface area contributed by atoms with Crippen LogP contribution in [0.2, 0.25) is 5.02 Å². The van der Waals surface area contributed by atoms with E-state index >= 15 is 4.39 Å². The molecule has 0 aliphatic carbocycles. The van der Waals surface area contributed by atoms with Gasteiger partial charge in [0.05, 0.1) is 33.4 Å². The summed E-state index contributed by atoms with van der Waals surface area (Å²) in [5, 5.41) is 12.5. The number of amides is 1. The van der Waals surface area contributed by atoms with E-state index in [2.05, 4.69) is 6.58 Å². The molecule has 3 aromatic rings. The molecule has 3 aliphatic rings. The van der Waals surface area contributed by atoms with E-state index in [0.29, 0.717) is 41.1 Å². The average Bonchev–Trinajstić information content (AvgIpc) is 3.07. The molecule has 266 valence electrons. The summed E-state index contributed by atoms with van der Waals surface area (Å²) in [5.41, 5.74) is 1.47. The van der Waals surface area contributed by atoms with Crippen molar-refractivity contribution in [1.82, 2.24) is 24.3 Å². The summed E-state index contributed by atoms with van der Waals surface area (Å²) in [6.07, 6.45) is 2.85. The highest BCUT2D eigenvalue weighted by Crippen LogP contribution is 2.41. The quantitative estimate of drug-likeness (QED) is 0.366. The second-order valence-electron chi connectivity index (χ2n) is 13.6. The molecular weight excluding hydrogens is 663 g/mol. The summed E-state index contributed by atoms with van der Waals surface area (Å²) < 4.78 is 29.9. The molecule has 11 nitrogen and oxygen atoms in total. The summed E-state index contributed by atoms with van der Waals surface area (Å²) >= 11 is 6.35. The number of rotatable bonds is 5. The number of carbonyl (C=O) groups is 1. The number of aliphatic hydroxyl groups is 1. The molecule has 0 saturated carbocycles. The number of hydrogen-bond acceptors (Lipinski definition) is 9. The average molecular weight is 707 g/mol. The minimum absolute atomic E-state index is 0.0308. The number of nitrogens with zero attached hydrogens (tertiary/aromatic N) is 6. The maximum absolute atomic E-state index is 16.2. The van der Waals surface area contributed by atoms with Gasteiger partial charge in [0.2, 0.25) is 5.91 Å². The van der Waals surface area contributed by atoms with Crippen LogP contribution in [-0.2, 0) is 9.53 Å². The summed E-state index contributed by atoms with van der Waals surface area (Å²) in [6.45, 7) is 16.2. The van der Waals surface area contributed by atoms with Gasteiger partial charge in [-0.2, -0.15) is 4.98 Å². The number of aromatic nitrogens is 3. The molecule has 2 aromatic heterocycles. The van der Waals surface area contributed by atoms with E-state index < -0.39 is 23.7 Å². The first kappa shape index (κ1) is 35.6. The van der Waals surface area contributed by atoms with Crippen LogP contribution in [0.5, 0.6) is 5.75 Å². The SMILES string of the molecule is C=CC(=O)N1C[C@H](C)N(c2nc(=O)n3c4nc(c(C)cc24)-c2c(ccc(Cl)c2F)OCC(OCC)C(O)C2=C3C(C(C)C)N(C)C=C2)C[C@H]1C. The largest absolute Gasteiger partial charge is 0.490 e. The van der Waals surface area contributed by atoms with Gasteiger partial charge in [-0.1, -0.05) is 32.0 Å². The second-order valence-corrected chi connectivity index (χ2v) is 14.0. The van der Waals surface area contributed by atoms with Gasteiger partial charge < -0.3 is 29.3 Å².